The summed E-state index contributed by atoms with van der Waals surface area (Å²) in [7, 11) is 0. The van der Waals surface area contributed by atoms with E-state index in [-0.39, 0.29) is 0 Å². The molecule has 1 saturated heterocycles. The molecular weight excluding hydrogens is 280 g/mol. The molecule has 3 nitrogen and oxygen atoms in total. The number of nitrogens with zero attached hydrogens (tertiary/aromatic N) is 1. The summed E-state index contributed by atoms with van der Waals surface area (Å²) in [5, 5.41) is 4.93. The number of ether oxygens (including phenoxy) is 1. The van der Waals surface area contributed by atoms with Crippen LogP contribution >= 0.6 is 11.3 Å². The minimum atomic E-state index is 0.404. The molecule has 118 valence electrons. The molecule has 1 saturated carbocycles. The Labute approximate surface area is 132 Å². The second kappa shape index (κ2) is 7.21. The Bertz CT molecular complexity index is 448. The summed E-state index contributed by atoms with van der Waals surface area (Å²) in [6, 6.07) is 0.768. The number of hydrogen-bond acceptors (Lipinski definition) is 4. The van der Waals surface area contributed by atoms with E-state index in [0.717, 1.165) is 32.0 Å². The van der Waals surface area contributed by atoms with Crippen molar-refractivity contribution in [3.05, 3.63) is 15.6 Å². The van der Waals surface area contributed by atoms with Gasteiger partial charge in [-0.15, -0.1) is 11.3 Å². The van der Waals surface area contributed by atoms with Gasteiger partial charge in [-0.1, -0.05) is 13.8 Å². The first-order valence-corrected chi connectivity index (χ1v) is 9.35. The lowest BCUT2D eigenvalue weighted by Gasteiger charge is -2.21. The van der Waals surface area contributed by atoms with Crippen molar-refractivity contribution in [2.24, 2.45) is 5.92 Å². The lowest BCUT2D eigenvalue weighted by molar-refractivity contribution is 0.0167. The largest absolute Gasteiger partial charge is 0.378 e. The maximum absolute atomic E-state index is 5.87. The van der Waals surface area contributed by atoms with Crippen molar-refractivity contribution < 1.29 is 4.74 Å². The highest BCUT2D eigenvalue weighted by atomic mass is 32.1. The summed E-state index contributed by atoms with van der Waals surface area (Å²) in [6.45, 7) is 6.50. The zero-order valence-corrected chi connectivity index (χ0v) is 14.2. The molecule has 21 heavy (non-hydrogen) atoms. The Hall–Kier alpha value is -0.450. The molecule has 0 spiro atoms. The minimum Gasteiger partial charge on any atom is -0.378 e. The van der Waals surface area contributed by atoms with Crippen LogP contribution < -0.4 is 5.32 Å². The van der Waals surface area contributed by atoms with E-state index in [0.29, 0.717) is 12.0 Å². The third-order valence-electron chi connectivity index (χ3n) is 4.23. The Balaban J connectivity index is 1.64. The molecular formula is C17H28N2OS. The predicted molar refractivity (Wildman–Crippen MR) is 87.8 cm³/mol. The van der Waals surface area contributed by atoms with E-state index >= 15 is 0 Å². The fourth-order valence-corrected chi connectivity index (χ4v) is 4.01. The van der Waals surface area contributed by atoms with Gasteiger partial charge in [0, 0.05) is 30.5 Å². The first-order valence-electron chi connectivity index (χ1n) is 8.53. The van der Waals surface area contributed by atoms with E-state index in [1.807, 2.05) is 11.3 Å². The van der Waals surface area contributed by atoms with Crippen LogP contribution in [0.4, 0.5) is 0 Å². The third-order valence-corrected chi connectivity index (χ3v) is 5.35. The average molecular weight is 308 g/mol. The van der Waals surface area contributed by atoms with E-state index in [9.17, 15) is 0 Å². The molecule has 4 heteroatoms. The van der Waals surface area contributed by atoms with Gasteiger partial charge in [-0.25, -0.2) is 4.98 Å². The van der Waals surface area contributed by atoms with E-state index in [1.165, 1.54) is 47.7 Å². The number of aromatic nitrogens is 1. The monoisotopic (exact) mass is 308 g/mol. The van der Waals surface area contributed by atoms with Crippen LogP contribution in [0.3, 0.4) is 0 Å². The lowest BCUT2D eigenvalue weighted by atomic mass is 10.1. The second-order valence-corrected chi connectivity index (χ2v) is 8.09. The maximum Gasteiger partial charge on any atom is 0.0957 e. The molecule has 1 unspecified atom stereocenters. The summed E-state index contributed by atoms with van der Waals surface area (Å²) in [5.74, 6) is 0.672. The molecule has 0 amide bonds. The van der Waals surface area contributed by atoms with E-state index < -0.39 is 0 Å². The summed E-state index contributed by atoms with van der Waals surface area (Å²) >= 11 is 1.91. The van der Waals surface area contributed by atoms with Crippen LogP contribution in [-0.2, 0) is 24.1 Å². The van der Waals surface area contributed by atoms with E-state index in [1.54, 1.807) is 0 Å². The first-order chi connectivity index (χ1) is 10.2. The molecule has 1 aromatic rings. The van der Waals surface area contributed by atoms with Gasteiger partial charge >= 0.3 is 0 Å². The Morgan fingerprint density at radius 2 is 2.14 bits per heavy atom. The van der Waals surface area contributed by atoms with Crippen molar-refractivity contribution in [2.75, 3.05) is 6.61 Å². The molecule has 3 rings (SSSR count). The van der Waals surface area contributed by atoms with Gasteiger partial charge in [0.1, 0.15) is 0 Å². The average Bonchev–Trinajstić information content (AvgIpc) is 3.21. The molecule has 1 aromatic heterocycles. The van der Waals surface area contributed by atoms with Gasteiger partial charge in [0.2, 0.25) is 0 Å². The molecule has 2 fully saturated rings. The molecule has 2 aliphatic rings. The van der Waals surface area contributed by atoms with E-state index in [4.69, 9.17) is 9.72 Å². The van der Waals surface area contributed by atoms with Gasteiger partial charge in [-0.05, 0) is 44.4 Å². The van der Waals surface area contributed by atoms with Gasteiger partial charge in [-0.3, -0.25) is 0 Å². The van der Waals surface area contributed by atoms with Crippen LogP contribution in [0.25, 0.3) is 0 Å². The highest BCUT2D eigenvalue weighted by Gasteiger charge is 2.23. The van der Waals surface area contributed by atoms with Crippen LogP contribution in [0.15, 0.2) is 0 Å². The SMILES string of the molecule is CC(C)Cc1nc(CC2CCCCO2)sc1CNC1CC1. The van der Waals surface area contributed by atoms with Crippen LogP contribution in [0.2, 0.25) is 0 Å². The topological polar surface area (TPSA) is 34.1 Å². The van der Waals surface area contributed by atoms with Crippen molar-refractivity contribution in [1.29, 1.82) is 0 Å². The van der Waals surface area contributed by atoms with Gasteiger partial charge in [-0.2, -0.15) is 0 Å². The zero-order chi connectivity index (χ0) is 14.7. The van der Waals surface area contributed by atoms with Gasteiger partial charge in [0.15, 0.2) is 0 Å². The summed E-state index contributed by atoms with van der Waals surface area (Å²) in [5.41, 5.74) is 1.33. The van der Waals surface area contributed by atoms with Crippen molar-refractivity contribution in [1.82, 2.24) is 10.3 Å². The lowest BCUT2D eigenvalue weighted by Crippen LogP contribution is -2.21. The fourth-order valence-electron chi connectivity index (χ4n) is 2.90. The quantitative estimate of drug-likeness (QED) is 0.834. The third kappa shape index (κ3) is 4.76. The molecule has 1 aliphatic carbocycles. The smallest absolute Gasteiger partial charge is 0.0957 e. The number of nitrogens with one attached hydrogen (secondary N) is 1. The molecule has 0 radical (unpaired) electrons. The molecule has 1 atom stereocenters. The van der Waals surface area contributed by atoms with Gasteiger partial charge in [0.05, 0.1) is 16.8 Å². The summed E-state index contributed by atoms with van der Waals surface area (Å²) in [6.07, 6.45) is 8.95. The minimum absolute atomic E-state index is 0.404. The first kappa shape index (κ1) is 15.4. The molecule has 1 N–H and O–H groups in total. The fraction of sp³-hybridized carbons (Fsp3) is 0.824. The van der Waals surface area contributed by atoms with Crippen LogP contribution in [0, 0.1) is 5.92 Å². The zero-order valence-electron chi connectivity index (χ0n) is 13.4. The van der Waals surface area contributed by atoms with Gasteiger partial charge in [0.25, 0.3) is 0 Å². The summed E-state index contributed by atoms with van der Waals surface area (Å²) in [4.78, 5) is 6.40. The number of rotatable bonds is 7. The Morgan fingerprint density at radius 3 is 2.81 bits per heavy atom. The van der Waals surface area contributed by atoms with Crippen molar-refractivity contribution in [3.8, 4) is 0 Å². The number of thiazole rings is 1. The molecule has 0 aromatic carbocycles. The van der Waals surface area contributed by atoms with Gasteiger partial charge < -0.3 is 10.1 Å². The standard InChI is InChI=1S/C17H28N2OS/c1-12(2)9-15-16(11-18-13-6-7-13)21-17(19-15)10-14-5-3-4-8-20-14/h12-14,18H,3-11H2,1-2H3. The highest BCUT2D eigenvalue weighted by Crippen LogP contribution is 2.27. The Morgan fingerprint density at radius 1 is 1.29 bits per heavy atom. The maximum atomic E-state index is 5.87. The second-order valence-electron chi connectivity index (χ2n) is 6.92. The van der Waals surface area contributed by atoms with Crippen LogP contribution in [0.1, 0.15) is 61.5 Å². The molecule has 0 bridgehead atoms. The van der Waals surface area contributed by atoms with Crippen LogP contribution in [0.5, 0.6) is 0 Å². The normalized spacial score (nSPS) is 22.9. The molecule has 2 heterocycles. The van der Waals surface area contributed by atoms with Crippen molar-refractivity contribution in [3.63, 3.8) is 0 Å². The molecule has 1 aliphatic heterocycles. The number of hydrogen-bond donors (Lipinski definition) is 1. The summed E-state index contributed by atoms with van der Waals surface area (Å²) < 4.78 is 5.87. The van der Waals surface area contributed by atoms with E-state index in [2.05, 4.69) is 19.2 Å². The van der Waals surface area contributed by atoms with Crippen LogP contribution in [-0.4, -0.2) is 23.7 Å². The highest BCUT2D eigenvalue weighted by molar-refractivity contribution is 7.11. The van der Waals surface area contributed by atoms with Crippen molar-refractivity contribution in [2.45, 2.75) is 77.5 Å². The Kier molecular flexibility index (Phi) is 5.30. The predicted octanol–water partition coefficient (Wildman–Crippen LogP) is 3.71. The van der Waals surface area contributed by atoms with Crippen molar-refractivity contribution >= 4 is 11.3 Å².